The molecule has 1 aliphatic heterocycles. The van der Waals surface area contributed by atoms with E-state index in [1.807, 2.05) is 13.8 Å². The van der Waals surface area contributed by atoms with Gasteiger partial charge in [-0.3, -0.25) is 14.4 Å². The van der Waals surface area contributed by atoms with E-state index in [1.165, 1.54) is 17.4 Å². The van der Waals surface area contributed by atoms with E-state index in [0.29, 0.717) is 25.6 Å². The highest BCUT2D eigenvalue weighted by molar-refractivity contribution is 5.97. The second kappa shape index (κ2) is 6.07. The fraction of sp³-hybridized carbons (Fsp3) is 0.571. The van der Waals surface area contributed by atoms with Crippen molar-refractivity contribution in [2.24, 2.45) is 5.92 Å². The Morgan fingerprint density at radius 3 is 2.76 bits per heavy atom. The standard InChI is InChI=1S/C14H20N4O3/c1-9(2)7-17-4-5-18(10(3)13(17)20)14(21)11-6-15-8-16-12(11)19/h6,8-10H,4-5,7H2,1-3H3,(H,15,16,19)/t10-/m1/s1. The van der Waals surface area contributed by atoms with E-state index < -0.39 is 17.5 Å². The Morgan fingerprint density at radius 2 is 2.14 bits per heavy atom. The molecule has 0 bridgehead atoms. The fourth-order valence-corrected chi connectivity index (χ4v) is 2.48. The Hall–Kier alpha value is -2.18. The lowest BCUT2D eigenvalue weighted by atomic mass is 10.1. The van der Waals surface area contributed by atoms with Crippen LogP contribution < -0.4 is 5.56 Å². The highest BCUT2D eigenvalue weighted by atomic mass is 16.2. The Kier molecular flexibility index (Phi) is 4.40. The van der Waals surface area contributed by atoms with Crippen LogP contribution in [0.5, 0.6) is 0 Å². The van der Waals surface area contributed by atoms with Crippen molar-refractivity contribution in [3.63, 3.8) is 0 Å². The number of nitrogens with one attached hydrogen (secondary N) is 1. The molecule has 0 aromatic carbocycles. The van der Waals surface area contributed by atoms with Gasteiger partial charge in [-0.15, -0.1) is 0 Å². The lowest BCUT2D eigenvalue weighted by Crippen LogP contribution is -2.58. The minimum atomic E-state index is -0.565. The monoisotopic (exact) mass is 292 g/mol. The van der Waals surface area contributed by atoms with Crippen molar-refractivity contribution in [3.8, 4) is 0 Å². The molecule has 21 heavy (non-hydrogen) atoms. The molecule has 2 heterocycles. The largest absolute Gasteiger partial charge is 0.339 e. The molecule has 7 nitrogen and oxygen atoms in total. The molecule has 0 aliphatic carbocycles. The average Bonchev–Trinajstić information content (AvgIpc) is 2.43. The molecule has 114 valence electrons. The number of carbonyl (C=O) groups is 2. The highest BCUT2D eigenvalue weighted by Gasteiger charge is 2.35. The summed E-state index contributed by atoms with van der Waals surface area (Å²) in [4.78, 5) is 45.7. The maximum Gasteiger partial charge on any atom is 0.263 e. The predicted molar refractivity (Wildman–Crippen MR) is 76.8 cm³/mol. The number of carbonyl (C=O) groups excluding carboxylic acids is 2. The van der Waals surface area contributed by atoms with E-state index in [4.69, 9.17) is 0 Å². The molecule has 0 spiro atoms. The van der Waals surface area contributed by atoms with E-state index in [-0.39, 0.29) is 11.5 Å². The molecule has 1 aromatic heterocycles. The lowest BCUT2D eigenvalue weighted by molar-refractivity contribution is -0.140. The number of rotatable bonds is 3. The van der Waals surface area contributed by atoms with Crippen LogP contribution in [0.1, 0.15) is 31.1 Å². The molecule has 2 rings (SSSR count). The van der Waals surface area contributed by atoms with Crippen LogP contribution >= 0.6 is 0 Å². The van der Waals surface area contributed by atoms with Gasteiger partial charge >= 0.3 is 0 Å². The van der Waals surface area contributed by atoms with Crippen molar-refractivity contribution in [2.45, 2.75) is 26.8 Å². The van der Waals surface area contributed by atoms with Crippen LogP contribution in [-0.4, -0.2) is 57.3 Å². The van der Waals surface area contributed by atoms with Gasteiger partial charge in [-0.25, -0.2) is 4.98 Å². The van der Waals surface area contributed by atoms with Crippen LogP contribution in [0.15, 0.2) is 17.3 Å². The Balaban J connectivity index is 2.16. The number of hydrogen-bond acceptors (Lipinski definition) is 4. The topological polar surface area (TPSA) is 86.4 Å². The molecule has 1 N–H and O–H groups in total. The van der Waals surface area contributed by atoms with Gasteiger partial charge in [0.05, 0.1) is 6.33 Å². The van der Waals surface area contributed by atoms with Gasteiger partial charge in [-0.2, -0.15) is 0 Å². The van der Waals surface area contributed by atoms with Crippen molar-refractivity contribution in [1.29, 1.82) is 0 Å². The first-order chi connectivity index (χ1) is 9.91. The number of piperazine rings is 1. The van der Waals surface area contributed by atoms with Crippen molar-refractivity contribution < 1.29 is 9.59 Å². The van der Waals surface area contributed by atoms with E-state index in [0.717, 1.165) is 0 Å². The van der Waals surface area contributed by atoms with E-state index in [2.05, 4.69) is 9.97 Å². The first-order valence-electron chi connectivity index (χ1n) is 7.04. The minimum absolute atomic E-state index is 0.0329. The molecule has 1 fully saturated rings. The van der Waals surface area contributed by atoms with Crippen LogP contribution in [0.25, 0.3) is 0 Å². The van der Waals surface area contributed by atoms with Gasteiger partial charge in [-0.1, -0.05) is 13.8 Å². The van der Waals surface area contributed by atoms with Crippen molar-refractivity contribution in [3.05, 3.63) is 28.4 Å². The summed E-state index contributed by atoms with van der Waals surface area (Å²) < 4.78 is 0. The molecule has 0 radical (unpaired) electrons. The summed E-state index contributed by atoms with van der Waals surface area (Å²) in [6.07, 6.45) is 2.47. The summed E-state index contributed by atoms with van der Waals surface area (Å²) in [6.45, 7) is 7.38. The third kappa shape index (κ3) is 3.12. The Morgan fingerprint density at radius 1 is 1.43 bits per heavy atom. The van der Waals surface area contributed by atoms with Crippen LogP contribution in [-0.2, 0) is 4.79 Å². The number of hydrogen-bond donors (Lipinski definition) is 1. The molecule has 0 unspecified atom stereocenters. The zero-order chi connectivity index (χ0) is 15.6. The quantitative estimate of drug-likeness (QED) is 0.856. The predicted octanol–water partition coefficient (Wildman–Crippen LogP) is 0.0988. The summed E-state index contributed by atoms with van der Waals surface area (Å²) in [7, 11) is 0. The number of aromatic amines is 1. The molecule has 0 saturated carbocycles. The van der Waals surface area contributed by atoms with Crippen molar-refractivity contribution in [1.82, 2.24) is 19.8 Å². The summed E-state index contributed by atoms with van der Waals surface area (Å²) >= 11 is 0. The average molecular weight is 292 g/mol. The van der Waals surface area contributed by atoms with E-state index in [9.17, 15) is 14.4 Å². The minimum Gasteiger partial charge on any atom is -0.339 e. The van der Waals surface area contributed by atoms with Gasteiger partial charge in [-0.05, 0) is 12.8 Å². The molecule has 1 atom stereocenters. The zero-order valence-corrected chi connectivity index (χ0v) is 12.5. The second-order valence-electron chi connectivity index (χ2n) is 5.65. The van der Waals surface area contributed by atoms with Crippen LogP contribution in [0.4, 0.5) is 0 Å². The van der Waals surface area contributed by atoms with Gasteiger partial charge in [0.1, 0.15) is 11.6 Å². The van der Waals surface area contributed by atoms with E-state index in [1.54, 1.807) is 11.8 Å². The molecule has 1 aliphatic rings. The second-order valence-corrected chi connectivity index (χ2v) is 5.65. The first-order valence-corrected chi connectivity index (χ1v) is 7.04. The smallest absolute Gasteiger partial charge is 0.263 e. The van der Waals surface area contributed by atoms with Gasteiger partial charge in [0, 0.05) is 25.8 Å². The third-order valence-electron chi connectivity index (χ3n) is 3.54. The molecule has 2 amide bonds. The van der Waals surface area contributed by atoms with Crippen LogP contribution in [0.2, 0.25) is 0 Å². The summed E-state index contributed by atoms with van der Waals surface area (Å²) in [5.41, 5.74) is -0.520. The fourth-order valence-electron chi connectivity index (χ4n) is 2.48. The van der Waals surface area contributed by atoms with Gasteiger partial charge in [0.15, 0.2) is 0 Å². The normalized spacial score (nSPS) is 19.2. The van der Waals surface area contributed by atoms with Crippen molar-refractivity contribution >= 4 is 11.8 Å². The Labute approximate surface area is 123 Å². The van der Waals surface area contributed by atoms with Gasteiger partial charge in [0.25, 0.3) is 11.5 Å². The number of H-pyrrole nitrogens is 1. The SMILES string of the molecule is CC(C)CN1CCN(C(=O)c2cnc[nH]c2=O)[C@H](C)C1=O. The molecular weight excluding hydrogens is 272 g/mol. The van der Waals surface area contributed by atoms with Gasteiger partial charge < -0.3 is 14.8 Å². The maximum atomic E-state index is 12.4. The van der Waals surface area contributed by atoms with Crippen molar-refractivity contribution in [2.75, 3.05) is 19.6 Å². The molecule has 1 saturated heterocycles. The Bertz CT molecular complexity index is 596. The number of aromatic nitrogens is 2. The number of nitrogens with zero attached hydrogens (tertiary/aromatic N) is 3. The summed E-state index contributed by atoms with van der Waals surface area (Å²) in [6, 6.07) is -0.565. The molecule has 7 heteroatoms. The first kappa shape index (κ1) is 15.2. The number of amides is 2. The highest BCUT2D eigenvalue weighted by Crippen LogP contribution is 2.15. The van der Waals surface area contributed by atoms with Gasteiger partial charge in [0.2, 0.25) is 5.91 Å². The lowest BCUT2D eigenvalue weighted by Gasteiger charge is -2.39. The molecule has 1 aromatic rings. The third-order valence-corrected chi connectivity index (χ3v) is 3.54. The zero-order valence-electron chi connectivity index (χ0n) is 12.5. The summed E-state index contributed by atoms with van der Waals surface area (Å²) in [5, 5.41) is 0. The molecular formula is C14H20N4O3. The summed E-state index contributed by atoms with van der Waals surface area (Å²) in [5.74, 6) is -0.150. The van der Waals surface area contributed by atoms with E-state index >= 15 is 0 Å². The van der Waals surface area contributed by atoms with Crippen LogP contribution in [0, 0.1) is 5.92 Å². The maximum absolute atomic E-state index is 12.4. The van der Waals surface area contributed by atoms with Crippen LogP contribution in [0.3, 0.4) is 0 Å².